The quantitative estimate of drug-likeness (QED) is 0.575. The minimum absolute atomic E-state index is 0.0206. The van der Waals surface area contributed by atoms with E-state index >= 15 is 4.39 Å². The zero-order chi connectivity index (χ0) is 19.2. The van der Waals surface area contributed by atoms with Crippen LogP contribution < -0.4 is 0 Å². The molecule has 4 unspecified atom stereocenters. The molecule has 0 aromatic heterocycles. The predicted molar refractivity (Wildman–Crippen MR) is 106 cm³/mol. The number of amides is 1. The molecule has 4 aliphatic carbocycles. The maximum absolute atomic E-state index is 16.1. The third-order valence-electron chi connectivity index (χ3n) is 9.14. The number of carbonyl (C=O) groups excluding carboxylic acids is 1. The van der Waals surface area contributed by atoms with Crippen molar-refractivity contribution in [2.45, 2.75) is 81.6 Å². The van der Waals surface area contributed by atoms with Crippen LogP contribution in [0.3, 0.4) is 0 Å². The molecule has 0 spiro atoms. The van der Waals surface area contributed by atoms with Gasteiger partial charge >= 0.3 is 0 Å². The third kappa shape index (κ3) is 2.43. The Bertz CT molecular complexity index is 700. The van der Waals surface area contributed by atoms with Crippen LogP contribution >= 0.6 is 15.9 Å². The third-order valence-corrected chi connectivity index (χ3v) is 10.1. The van der Waals surface area contributed by atoms with Gasteiger partial charge in [-0.1, -0.05) is 35.9 Å². The SMILES string of the molecule is CN1C(=O)C=C[C@@]2(C)C1CC[C@@H]1[C@H]2CC[C@@]2(C)[C@H]1CCC2(F)OC1CC1Br. The number of rotatable bonds is 2. The van der Waals surface area contributed by atoms with Gasteiger partial charge in [0, 0.05) is 35.2 Å². The Morgan fingerprint density at radius 3 is 2.59 bits per heavy atom. The van der Waals surface area contributed by atoms with Crippen LogP contribution in [0, 0.1) is 28.6 Å². The van der Waals surface area contributed by atoms with E-state index < -0.39 is 5.85 Å². The number of hydrogen-bond donors (Lipinski definition) is 0. The van der Waals surface area contributed by atoms with Crippen molar-refractivity contribution in [3.05, 3.63) is 12.2 Å². The van der Waals surface area contributed by atoms with Crippen LogP contribution in [0.2, 0.25) is 0 Å². The van der Waals surface area contributed by atoms with Gasteiger partial charge in [0.1, 0.15) is 0 Å². The van der Waals surface area contributed by atoms with E-state index in [-0.39, 0.29) is 28.9 Å². The fourth-order valence-electron chi connectivity index (χ4n) is 7.38. The van der Waals surface area contributed by atoms with E-state index in [2.05, 4.69) is 35.9 Å². The summed E-state index contributed by atoms with van der Waals surface area (Å²) in [6, 6.07) is 0.286. The first-order valence-electron chi connectivity index (χ1n) is 10.7. The number of likely N-dealkylation sites (N-methyl/N-ethyl adjacent to an activating group) is 1. The summed E-state index contributed by atoms with van der Waals surface area (Å²) in [6.45, 7) is 4.50. The molecule has 0 saturated heterocycles. The first kappa shape index (κ1) is 18.6. The summed E-state index contributed by atoms with van der Waals surface area (Å²) in [7, 11) is 1.95. The number of alkyl halides is 2. The molecule has 5 heteroatoms. The van der Waals surface area contributed by atoms with E-state index in [0.29, 0.717) is 29.0 Å². The van der Waals surface area contributed by atoms with Crippen LogP contribution in [0.1, 0.15) is 58.8 Å². The molecule has 0 N–H and O–H groups in total. The molecule has 3 nitrogen and oxygen atoms in total. The molecule has 4 fully saturated rings. The number of carbonyl (C=O) groups is 1. The fourth-order valence-corrected chi connectivity index (χ4v) is 7.86. The van der Waals surface area contributed by atoms with E-state index in [1.807, 2.05) is 11.9 Å². The van der Waals surface area contributed by atoms with E-state index in [1.54, 1.807) is 6.08 Å². The van der Waals surface area contributed by atoms with Gasteiger partial charge in [0.15, 0.2) is 0 Å². The Kier molecular flexibility index (Phi) is 4.00. The second kappa shape index (κ2) is 5.81. The van der Waals surface area contributed by atoms with Crippen molar-refractivity contribution in [3.63, 3.8) is 0 Å². The van der Waals surface area contributed by atoms with Gasteiger partial charge in [-0.15, -0.1) is 0 Å². The smallest absolute Gasteiger partial charge is 0.246 e. The van der Waals surface area contributed by atoms with Crippen LogP contribution in [0.15, 0.2) is 12.2 Å². The highest BCUT2D eigenvalue weighted by atomic mass is 79.9. The van der Waals surface area contributed by atoms with E-state index in [4.69, 9.17) is 4.74 Å². The minimum Gasteiger partial charge on any atom is -0.341 e. The Morgan fingerprint density at radius 2 is 1.89 bits per heavy atom. The molecule has 1 aliphatic heterocycles. The van der Waals surface area contributed by atoms with Gasteiger partial charge in [0.05, 0.1) is 6.10 Å². The fraction of sp³-hybridized carbons (Fsp3) is 0.864. The summed E-state index contributed by atoms with van der Waals surface area (Å²) in [5.74, 6) is 0.123. The van der Waals surface area contributed by atoms with Crippen LogP contribution in [0.5, 0.6) is 0 Å². The summed E-state index contributed by atoms with van der Waals surface area (Å²) < 4.78 is 22.1. The summed E-state index contributed by atoms with van der Waals surface area (Å²) >= 11 is 3.57. The topological polar surface area (TPSA) is 29.5 Å². The van der Waals surface area contributed by atoms with Crippen LogP contribution in [0.25, 0.3) is 0 Å². The highest BCUT2D eigenvalue weighted by Gasteiger charge is 2.67. The lowest BCUT2D eigenvalue weighted by molar-refractivity contribution is -0.238. The number of halogens is 2. The lowest BCUT2D eigenvalue weighted by Gasteiger charge is -2.60. The van der Waals surface area contributed by atoms with Crippen molar-refractivity contribution in [2.75, 3.05) is 7.05 Å². The summed E-state index contributed by atoms with van der Waals surface area (Å²) in [6.07, 6.45) is 10.5. The van der Waals surface area contributed by atoms with Gasteiger partial charge in [0.25, 0.3) is 0 Å². The molecule has 0 aromatic rings. The van der Waals surface area contributed by atoms with Gasteiger partial charge in [-0.05, 0) is 62.4 Å². The lowest BCUT2D eigenvalue weighted by Crippen LogP contribution is -2.60. The molecule has 27 heavy (non-hydrogen) atoms. The van der Waals surface area contributed by atoms with Crippen molar-refractivity contribution in [3.8, 4) is 0 Å². The molecule has 1 amide bonds. The highest BCUT2D eigenvalue weighted by molar-refractivity contribution is 9.09. The molecule has 0 bridgehead atoms. The Hall–Kier alpha value is -0.420. The standard InChI is InChI=1S/C22H31BrFNO2/c1-20-9-8-19(26)25(3)18(20)5-4-13-14(20)6-10-21(2)15(13)7-11-22(21,24)27-17-12-16(17)23/h8-9,13-18H,4-7,10-12H2,1-3H3/t13-,14-,15+,16?,17?,18?,20-,21+,22?/m1/s1. The highest BCUT2D eigenvalue weighted by Crippen LogP contribution is 2.68. The van der Waals surface area contributed by atoms with Gasteiger partial charge in [0.2, 0.25) is 11.8 Å². The molecule has 5 rings (SSSR count). The predicted octanol–water partition coefficient (Wildman–Crippen LogP) is 4.84. The molecule has 5 aliphatic rings. The summed E-state index contributed by atoms with van der Waals surface area (Å²) in [5.41, 5.74) is -0.348. The molecular weight excluding hydrogens is 409 g/mol. The molecule has 150 valence electrons. The van der Waals surface area contributed by atoms with Gasteiger partial charge < -0.3 is 9.64 Å². The average molecular weight is 440 g/mol. The average Bonchev–Trinajstić information content (AvgIpc) is 3.23. The number of nitrogens with zero attached hydrogens (tertiary/aromatic N) is 1. The van der Waals surface area contributed by atoms with Crippen molar-refractivity contribution in [1.82, 2.24) is 4.90 Å². The zero-order valence-electron chi connectivity index (χ0n) is 16.6. The second-order valence-electron chi connectivity index (χ2n) is 10.2. The summed E-state index contributed by atoms with van der Waals surface area (Å²) in [5, 5.41) is 0. The lowest BCUT2D eigenvalue weighted by atomic mass is 9.48. The van der Waals surface area contributed by atoms with Crippen LogP contribution in [0.4, 0.5) is 4.39 Å². The van der Waals surface area contributed by atoms with Gasteiger partial charge in [-0.3, -0.25) is 4.79 Å². The molecule has 0 radical (unpaired) electrons. The first-order chi connectivity index (χ1) is 12.7. The summed E-state index contributed by atoms with van der Waals surface area (Å²) in [4.78, 5) is 14.5. The number of fused-ring (bicyclic) bond motifs is 5. The van der Waals surface area contributed by atoms with Crippen molar-refractivity contribution >= 4 is 21.8 Å². The second-order valence-corrected chi connectivity index (χ2v) is 11.4. The Morgan fingerprint density at radius 1 is 1.19 bits per heavy atom. The Labute approximate surface area is 170 Å². The van der Waals surface area contributed by atoms with Crippen molar-refractivity contribution in [1.29, 1.82) is 0 Å². The van der Waals surface area contributed by atoms with Crippen LogP contribution in [-0.2, 0) is 9.53 Å². The van der Waals surface area contributed by atoms with Gasteiger partial charge in [-0.2, -0.15) is 0 Å². The molecule has 1 heterocycles. The molecular formula is C22H31BrFNO2. The normalized spacial score (nSPS) is 56.5. The first-order valence-corrected chi connectivity index (χ1v) is 11.6. The molecule has 9 atom stereocenters. The molecule has 0 aromatic carbocycles. The number of ether oxygens (including phenoxy) is 1. The zero-order valence-corrected chi connectivity index (χ0v) is 18.2. The Balaban J connectivity index is 1.44. The van der Waals surface area contributed by atoms with Crippen molar-refractivity contribution in [2.24, 2.45) is 28.6 Å². The molecule has 4 saturated carbocycles. The van der Waals surface area contributed by atoms with E-state index in [9.17, 15) is 4.79 Å². The maximum Gasteiger partial charge on any atom is 0.246 e. The number of hydrogen-bond acceptors (Lipinski definition) is 2. The van der Waals surface area contributed by atoms with E-state index in [0.717, 1.165) is 38.5 Å². The van der Waals surface area contributed by atoms with E-state index in [1.165, 1.54) is 0 Å². The largest absolute Gasteiger partial charge is 0.341 e. The van der Waals surface area contributed by atoms with Crippen molar-refractivity contribution < 1.29 is 13.9 Å². The minimum atomic E-state index is -1.47. The van der Waals surface area contributed by atoms with Crippen LogP contribution in [-0.4, -0.2) is 40.7 Å². The maximum atomic E-state index is 16.1. The monoisotopic (exact) mass is 439 g/mol. The van der Waals surface area contributed by atoms with Gasteiger partial charge in [-0.25, -0.2) is 4.39 Å².